The molecule has 3 aliphatic rings. The molecule has 2 aliphatic heterocycles. The first-order chi connectivity index (χ1) is 14.4. The first kappa shape index (κ1) is 21.0. The molecule has 0 spiro atoms. The van der Waals surface area contributed by atoms with Crippen LogP contribution in [0.1, 0.15) is 48.9 Å². The van der Waals surface area contributed by atoms with Gasteiger partial charge in [0.2, 0.25) is 0 Å². The summed E-state index contributed by atoms with van der Waals surface area (Å²) in [5, 5.41) is 0. The van der Waals surface area contributed by atoms with E-state index in [1.807, 2.05) is 0 Å². The highest BCUT2D eigenvalue weighted by molar-refractivity contribution is 7.91. The number of ether oxygens (including phenoxy) is 3. The van der Waals surface area contributed by atoms with E-state index in [9.17, 15) is 18.0 Å². The van der Waals surface area contributed by atoms with Gasteiger partial charge in [-0.3, -0.25) is 4.79 Å². The van der Waals surface area contributed by atoms with Gasteiger partial charge < -0.3 is 19.1 Å². The van der Waals surface area contributed by atoms with Crippen molar-refractivity contribution in [2.45, 2.75) is 50.6 Å². The summed E-state index contributed by atoms with van der Waals surface area (Å²) < 4.78 is 40.2. The number of hydrogen-bond donors (Lipinski definition) is 0. The molecular formula is C21H27NO7S. The van der Waals surface area contributed by atoms with Gasteiger partial charge in [-0.05, 0) is 37.5 Å². The Morgan fingerprint density at radius 3 is 2.43 bits per heavy atom. The van der Waals surface area contributed by atoms with Crippen molar-refractivity contribution >= 4 is 21.7 Å². The minimum absolute atomic E-state index is 0.00858. The monoisotopic (exact) mass is 437 g/mol. The third-order valence-corrected chi connectivity index (χ3v) is 7.71. The van der Waals surface area contributed by atoms with Crippen molar-refractivity contribution in [3.05, 3.63) is 23.8 Å². The van der Waals surface area contributed by atoms with Crippen LogP contribution in [0.15, 0.2) is 18.2 Å². The molecule has 4 rings (SSSR count). The number of sulfone groups is 1. The van der Waals surface area contributed by atoms with Gasteiger partial charge in [0, 0.05) is 12.1 Å². The second-order valence-corrected chi connectivity index (χ2v) is 10.3. The van der Waals surface area contributed by atoms with Gasteiger partial charge >= 0.3 is 5.97 Å². The Balaban J connectivity index is 1.42. The van der Waals surface area contributed by atoms with Gasteiger partial charge in [-0.2, -0.15) is 0 Å². The van der Waals surface area contributed by atoms with E-state index in [2.05, 4.69) is 0 Å². The normalized spacial score (nSPS) is 23.0. The number of carbonyl (C=O) groups excluding carboxylic acids is 2. The molecule has 2 fully saturated rings. The molecule has 164 valence electrons. The number of hydrogen-bond acceptors (Lipinski definition) is 7. The standard InChI is InChI=1S/C21H27NO7S/c23-20(13-29-21(24)15-6-7-18-19(12-15)28-10-9-27-18)22(16-4-2-1-3-5-16)17-8-11-30(25,26)14-17/h6-7,12,16-17H,1-5,8-11,13-14H2/t17-/m1/s1. The molecular weight excluding hydrogens is 410 g/mol. The summed E-state index contributed by atoms with van der Waals surface area (Å²) in [6, 6.07) is 4.44. The van der Waals surface area contributed by atoms with Crippen LogP contribution >= 0.6 is 0 Å². The van der Waals surface area contributed by atoms with Crippen LogP contribution in [0.25, 0.3) is 0 Å². The molecule has 0 unspecified atom stereocenters. The SMILES string of the molecule is O=C(OCC(=O)N(C1CCCCC1)[C@@H]1CCS(=O)(=O)C1)c1ccc2c(c1)OCCO2. The summed E-state index contributed by atoms with van der Waals surface area (Å²) in [4.78, 5) is 27.2. The van der Waals surface area contributed by atoms with E-state index in [4.69, 9.17) is 14.2 Å². The summed E-state index contributed by atoms with van der Waals surface area (Å²) in [5.41, 5.74) is 0.278. The lowest BCUT2D eigenvalue weighted by molar-refractivity contribution is -0.140. The Hall–Kier alpha value is -2.29. The second-order valence-electron chi connectivity index (χ2n) is 8.08. The lowest BCUT2D eigenvalue weighted by Gasteiger charge is -2.38. The third kappa shape index (κ3) is 4.71. The van der Waals surface area contributed by atoms with Crippen LogP contribution < -0.4 is 9.47 Å². The quantitative estimate of drug-likeness (QED) is 0.649. The van der Waals surface area contributed by atoms with Crippen LogP contribution in [-0.4, -0.2) is 68.6 Å². The Kier molecular flexibility index (Phi) is 6.17. The van der Waals surface area contributed by atoms with Gasteiger partial charge in [0.15, 0.2) is 27.9 Å². The van der Waals surface area contributed by atoms with Crippen LogP contribution in [0.2, 0.25) is 0 Å². The summed E-state index contributed by atoms with van der Waals surface area (Å²) in [6.07, 6.45) is 5.33. The average Bonchev–Trinajstić information content (AvgIpc) is 3.11. The van der Waals surface area contributed by atoms with E-state index in [1.54, 1.807) is 23.1 Å². The maximum Gasteiger partial charge on any atom is 0.338 e. The number of benzene rings is 1. The van der Waals surface area contributed by atoms with Crippen LogP contribution in [-0.2, 0) is 19.4 Å². The van der Waals surface area contributed by atoms with Crippen molar-refractivity contribution in [2.24, 2.45) is 0 Å². The van der Waals surface area contributed by atoms with Gasteiger partial charge in [0.25, 0.3) is 5.91 Å². The molecule has 1 atom stereocenters. The highest BCUT2D eigenvalue weighted by atomic mass is 32.2. The zero-order valence-corrected chi connectivity index (χ0v) is 17.7. The number of esters is 1. The maximum absolute atomic E-state index is 13.0. The summed E-state index contributed by atoms with van der Waals surface area (Å²) in [6.45, 7) is 0.462. The summed E-state index contributed by atoms with van der Waals surface area (Å²) >= 11 is 0. The van der Waals surface area contributed by atoms with E-state index >= 15 is 0 Å². The fraction of sp³-hybridized carbons (Fsp3) is 0.619. The molecule has 0 radical (unpaired) electrons. The number of fused-ring (bicyclic) bond motifs is 1. The molecule has 1 aromatic carbocycles. The Bertz CT molecular complexity index is 908. The molecule has 30 heavy (non-hydrogen) atoms. The van der Waals surface area contributed by atoms with E-state index < -0.39 is 22.4 Å². The average molecular weight is 438 g/mol. The third-order valence-electron chi connectivity index (χ3n) is 5.96. The summed E-state index contributed by atoms with van der Waals surface area (Å²) in [5.74, 6) is 0.191. The fourth-order valence-electron chi connectivity index (χ4n) is 4.51. The van der Waals surface area contributed by atoms with Crippen molar-refractivity contribution in [1.82, 2.24) is 4.90 Å². The van der Waals surface area contributed by atoms with Crippen molar-refractivity contribution in [1.29, 1.82) is 0 Å². The summed E-state index contributed by atoms with van der Waals surface area (Å²) in [7, 11) is -3.12. The lowest BCUT2D eigenvalue weighted by Crippen LogP contribution is -2.50. The minimum Gasteiger partial charge on any atom is -0.486 e. The predicted molar refractivity (Wildman–Crippen MR) is 108 cm³/mol. The van der Waals surface area contributed by atoms with E-state index in [1.165, 1.54) is 0 Å². The molecule has 1 saturated carbocycles. The van der Waals surface area contributed by atoms with Crippen LogP contribution in [0.5, 0.6) is 11.5 Å². The molecule has 1 amide bonds. The van der Waals surface area contributed by atoms with Gasteiger partial charge in [-0.25, -0.2) is 13.2 Å². The van der Waals surface area contributed by atoms with Gasteiger partial charge in [0.1, 0.15) is 13.2 Å². The molecule has 9 heteroatoms. The van der Waals surface area contributed by atoms with Gasteiger partial charge in [-0.15, -0.1) is 0 Å². The van der Waals surface area contributed by atoms with Crippen molar-refractivity contribution in [3.8, 4) is 11.5 Å². The molecule has 1 saturated heterocycles. The Labute approximate surface area is 176 Å². The molecule has 2 heterocycles. The molecule has 1 aromatic rings. The molecule has 0 aromatic heterocycles. The number of amides is 1. The first-order valence-electron chi connectivity index (χ1n) is 10.5. The van der Waals surface area contributed by atoms with Crippen molar-refractivity contribution < 1.29 is 32.2 Å². The predicted octanol–water partition coefficient (Wildman–Crippen LogP) is 1.96. The zero-order chi connectivity index (χ0) is 21.1. The number of rotatable bonds is 5. The maximum atomic E-state index is 13.0. The smallest absolute Gasteiger partial charge is 0.338 e. The second kappa shape index (κ2) is 8.83. The molecule has 1 aliphatic carbocycles. The number of carbonyl (C=O) groups is 2. The van der Waals surface area contributed by atoms with E-state index in [0.717, 1.165) is 32.1 Å². The van der Waals surface area contributed by atoms with Gasteiger partial charge in [-0.1, -0.05) is 19.3 Å². The molecule has 8 nitrogen and oxygen atoms in total. The van der Waals surface area contributed by atoms with E-state index in [0.29, 0.717) is 31.1 Å². The number of nitrogens with zero attached hydrogens (tertiary/aromatic N) is 1. The van der Waals surface area contributed by atoms with Crippen LogP contribution in [0.3, 0.4) is 0 Å². The topological polar surface area (TPSA) is 99.2 Å². The molecule has 0 bridgehead atoms. The minimum atomic E-state index is -3.12. The largest absolute Gasteiger partial charge is 0.486 e. The highest BCUT2D eigenvalue weighted by Crippen LogP contribution is 2.31. The van der Waals surface area contributed by atoms with Crippen LogP contribution in [0.4, 0.5) is 0 Å². The Morgan fingerprint density at radius 2 is 1.73 bits per heavy atom. The fourth-order valence-corrected chi connectivity index (χ4v) is 6.23. The highest BCUT2D eigenvalue weighted by Gasteiger charge is 2.38. The van der Waals surface area contributed by atoms with E-state index in [-0.39, 0.29) is 35.1 Å². The first-order valence-corrected chi connectivity index (χ1v) is 12.3. The van der Waals surface area contributed by atoms with Gasteiger partial charge in [0.05, 0.1) is 17.1 Å². The van der Waals surface area contributed by atoms with Crippen LogP contribution in [0, 0.1) is 0 Å². The zero-order valence-electron chi connectivity index (χ0n) is 16.9. The molecule has 0 N–H and O–H groups in total. The van der Waals surface area contributed by atoms with Crippen molar-refractivity contribution in [3.63, 3.8) is 0 Å². The lowest BCUT2D eigenvalue weighted by atomic mass is 9.93. The van der Waals surface area contributed by atoms with Crippen molar-refractivity contribution in [2.75, 3.05) is 31.3 Å². The Morgan fingerprint density at radius 1 is 1.00 bits per heavy atom.